The molecule has 2 aromatic heterocycles. The lowest BCUT2D eigenvalue weighted by Gasteiger charge is -2.07. The second-order valence-corrected chi connectivity index (χ2v) is 10.3. The third-order valence-electron chi connectivity index (χ3n) is 6.84. The molecule has 0 saturated heterocycles. The summed E-state index contributed by atoms with van der Waals surface area (Å²) in [6.07, 6.45) is 8.83. The van der Waals surface area contributed by atoms with Crippen molar-refractivity contribution < 1.29 is 23.1 Å². The summed E-state index contributed by atoms with van der Waals surface area (Å²) < 4.78 is 32.7. The summed E-state index contributed by atoms with van der Waals surface area (Å²) in [5.41, 5.74) is 2.55. The first-order valence-electron chi connectivity index (χ1n) is 13.5. The topological polar surface area (TPSA) is 104 Å². The summed E-state index contributed by atoms with van der Waals surface area (Å²) >= 11 is 6.23. The van der Waals surface area contributed by atoms with Gasteiger partial charge in [-0.25, -0.2) is 28.5 Å². The van der Waals surface area contributed by atoms with Crippen LogP contribution in [0, 0.1) is 11.6 Å². The van der Waals surface area contributed by atoms with Gasteiger partial charge in [0.15, 0.2) is 17.4 Å². The van der Waals surface area contributed by atoms with Crippen LogP contribution in [0.5, 0.6) is 0 Å². The molecule has 0 saturated carbocycles. The number of Topliss-reactive ketones (excluding diaryl/α,β-unsaturated/α-hetero) is 1. The van der Waals surface area contributed by atoms with Gasteiger partial charge >= 0.3 is 5.97 Å². The summed E-state index contributed by atoms with van der Waals surface area (Å²) in [5, 5.41) is 1.13. The zero-order chi connectivity index (χ0) is 31.2. The molecule has 0 aliphatic carbocycles. The lowest BCUT2D eigenvalue weighted by atomic mass is 10.1. The van der Waals surface area contributed by atoms with E-state index in [-0.39, 0.29) is 24.3 Å². The molecule has 0 spiro atoms. The van der Waals surface area contributed by atoms with E-state index in [2.05, 4.69) is 15.0 Å². The van der Waals surface area contributed by atoms with E-state index in [1.165, 1.54) is 30.3 Å². The first-order chi connectivity index (χ1) is 21.2. The highest BCUT2D eigenvalue weighted by atomic mass is 35.5. The van der Waals surface area contributed by atoms with Crippen LogP contribution < -0.4 is 5.56 Å². The fourth-order valence-electron chi connectivity index (χ4n) is 4.56. The number of carbonyl (C=O) groups is 2. The van der Waals surface area contributed by atoms with Gasteiger partial charge in [0.1, 0.15) is 11.4 Å². The van der Waals surface area contributed by atoms with Crippen LogP contribution in [0.4, 0.5) is 8.78 Å². The third kappa shape index (κ3) is 7.09. The summed E-state index contributed by atoms with van der Waals surface area (Å²) in [4.78, 5) is 50.4. The molecule has 3 aromatic carbocycles. The number of allylic oxidation sites excluding steroid dienone is 1. The summed E-state index contributed by atoms with van der Waals surface area (Å²) in [5.74, 6) is -2.27. The monoisotopic (exact) mass is 614 g/mol. The fourth-order valence-corrected chi connectivity index (χ4v) is 4.84. The van der Waals surface area contributed by atoms with Gasteiger partial charge in [-0.05, 0) is 59.5 Å². The molecule has 0 fully saturated rings. The highest BCUT2D eigenvalue weighted by Gasteiger charge is 2.14. The molecule has 11 heteroatoms. The lowest BCUT2D eigenvalue weighted by Crippen LogP contribution is -2.27. The number of esters is 1. The average molecular weight is 615 g/mol. The Bertz CT molecular complexity index is 1980. The van der Waals surface area contributed by atoms with Gasteiger partial charge in [-0.3, -0.25) is 14.2 Å². The van der Waals surface area contributed by atoms with Gasteiger partial charge in [0.05, 0.1) is 36.1 Å². The predicted octanol–water partition coefficient (Wildman–Crippen LogP) is 6.22. The smallest absolute Gasteiger partial charge is 0.339 e. The highest BCUT2D eigenvalue weighted by molar-refractivity contribution is 6.33. The van der Waals surface area contributed by atoms with Crippen molar-refractivity contribution in [1.82, 2.24) is 19.5 Å². The van der Waals surface area contributed by atoms with E-state index in [4.69, 9.17) is 16.3 Å². The van der Waals surface area contributed by atoms with Crippen molar-refractivity contribution in [2.75, 3.05) is 7.11 Å². The van der Waals surface area contributed by atoms with Gasteiger partial charge in [-0.1, -0.05) is 42.0 Å². The molecule has 0 aliphatic heterocycles. The number of ketones is 1. The van der Waals surface area contributed by atoms with E-state index >= 15 is 0 Å². The molecule has 5 aromatic rings. The van der Waals surface area contributed by atoms with Crippen LogP contribution in [0.2, 0.25) is 5.02 Å². The molecule has 0 bridgehead atoms. The normalized spacial score (nSPS) is 11.3. The molecule has 0 radical (unpaired) electrons. The maximum Gasteiger partial charge on any atom is 0.339 e. The Morgan fingerprint density at radius 3 is 2.57 bits per heavy atom. The maximum atomic E-state index is 13.5. The Balaban J connectivity index is 1.19. The van der Waals surface area contributed by atoms with Crippen molar-refractivity contribution in [2.24, 2.45) is 0 Å². The molecule has 0 unspecified atom stereocenters. The van der Waals surface area contributed by atoms with Crippen LogP contribution in [0.15, 0.2) is 84.2 Å². The van der Waals surface area contributed by atoms with Crippen molar-refractivity contribution in [2.45, 2.75) is 25.8 Å². The number of fused-ring (bicyclic) bond motifs is 1. The van der Waals surface area contributed by atoms with Gasteiger partial charge in [0.25, 0.3) is 5.56 Å². The Hall–Kier alpha value is -5.09. The van der Waals surface area contributed by atoms with Crippen molar-refractivity contribution in [1.29, 1.82) is 0 Å². The zero-order valence-corrected chi connectivity index (χ0v) is 24.2. The number of aromatic nitrogens is 4. The van der Waals surface area contributed by atoms with Crippen LogP contribution in [0.25, 0.3) is 17.0 Å². The first kappa shape index (κ1) is 30.4. The van der Waals surface area contributed by atoms with Crippen molar-refractivity contribution in [3.8, 4) is 0 Å². The maximum absolute atomic E-state index is 13.5. The lowest BCUT2D eigenvalue weighted by molar-refractivity contribution is 0.0600. The van der Waals surface area contributed by atoms with Gasteiger partial charge in [-0.15, -0.1) is 0 Å². The minimum atomic E-state index is -1.02. The van der Waals surface area contributed by atoms with Crippen molar-refractivity contribution >= 4 is 40.3 Å². The molecular formula is C33H25ClF2N4O4. The molecule has 0 amide bonds. The Morgan fingerprint density at radius 1 is 0.977 bits per heavy atom. The van der Waals surface area contributed by atoms with Crippen LogP contribution in [0.3, 0.4) is 0 Å². The van der Waals surface area contributed by atoms with E-state index in [0.29, 0.717) is 34.8 Å². The summed E-state index contributed by atoms with van der Waals surface area (Å²) in [6, 6.07) is 14.2. The van der Waals surface area contributed by atoms with Gasteiger partial charge < -0.3 is 4.74 Å². The Kier molecular flexibility index (Phi) is 9.30. The van der Waals surface area contributed by atoms with Crippen molar-refractivity contribution in [3.63, 3.8) is 0 Å². The molecule has 0 atom stereocenters. The van der Waals surface area contributed by atoms with E-state index in [1.807, 2.05) is 30.4 Å². The second kappa shape index (κ2) is 13.5. The number of nitrogens with zero attached hydrogens (tertiary/aromatic N) is 4. The number of carbonyl (C=O) groups excluding carboxylic acids is 2. The standard InChI is InChI=1S/C33H25ClF2N4O4/c1-44-33(43)24-9-6-21(13-26(24)34)15-31-38-16-23-12-20(8-11-29(23)39-31)4-2-3-5-30(41)25-17-37-19-40(32(25)42)18-22-7-10-27(35)28(36)14-22/h2,4,6-14,16-17,19H,3,5,15,18H2,1H3/b4-2+. The molecule has 8 nitrogen and oxygen atoms in total. The van der Waals surface area contributed by atoms with E-state index in [0.717, 1.165) is 34.2 Å². The second-order valence-electron chi connectivity index (χ2n) is 9.94. The predicted molar refractivity (Wildman–Crippen MR) is 162 cm³/mol. The number of hydrogen-bond acceptors (Lipinski definition) is 7. The number of benzene rings is 3. The van der Waals surface area contributed by atoms with Gasteiger partial charge in [0.2, 0.25) is 0 Å². The summed E-state index contributed by atoms with van der Waals surface area (Å²) in [7, 11) is 1.30. The molecule has 44 heavy (non-hydrogen) atoms. The Morgan fingerprint density at radius 2 is 1.80 bits per heavy atom. The molecule has 222 valence electrons. The van der Waals surface area contributed by atoms with Crippen LogP contribution in [-0.2, 0) is 17.7 Å². The quantitative estimate of drug-likeness (QED) is 0.136. The molecule has 5 rings (SSSR count). The van der Waals surface area contributed by atoms with Crippen LogP contribution in [0.1, 0.15) is 56.1 Å². The molecular weight excluding hydrogens is 590 g/mol. The number of ether oxygens (including phenoxy) is 1. The molecule has 2 heterocycles. The number of halogens is 3. The first-order valence-corrected chi connectivity index (χ1v) is 13.9. The number of hydrogen-bond donors (Lipinski definition) is 0. The van der Waals surface area contributed by atoms with E-state index in [9.17, 15) is 23.2 Å². The SMILES string of the molecule is COC(=O)c1ccc(Cc2ncc3cc(/C=C/CCC(=O)c4cncn(Cc5ccc(F)c(F)c5)c4=O)ccc3n2)cc1Cl. The number of methoxy groups -OCH3 is 1. The minimum Gasteiger partial charge on any atom is -0.465 e. The molecule has 0 aliphatic rings. The van der Waals surface area contributed by atoms with E-state index in [1.54, 1.807) is 24.4 Å². The largest absolute Gasteiger partial charge is 0.465 e. The summed E-state index contributed by atoms with van der Waals surface area (Å²) in [6.45, 7) is -0.0459. The van der Waals surface area contributed by atoms with Crippen molar-refractivity contribution in [3.05, 3.63) is 140 Å². The molecule has 0 N–H and O–H groups in total. The van der Waals surface area contributed by atoms with Gasteiger partial charge in [0, 0.05) is 30.6 Å². The number of rotatable bonds is 10. The Labute approximate surface area is 255 Å². The average Bonchev–Trinajstić information content (AvgIpc) is 3.01. The highest BCUT2D eigenvalue weighted by Crippen LogP contribution is 2.21. The third-order valence-corrected chi connectivity index (χ3v) is 7.15. The zero-order valence-electron chi connectivity index (χ0n) is 23.5. The van der Waals surface area contributed by atoms with Crippen LogP contribution in [-0.4, -0.2) is 38.4 Å². The minimum absolute atomic E-state index is 0.0459. The van der Waals surface area contributed by atoms with Gasteiger partial charge in [-0.2, -0.15) is 0 Å². The van der Waals surface area contributed by atoms with E-state index < -0.39 is 23.2 Å². The fraction of sp³-hybridized carbons (Fsp3) is 0.152. The van der Waals surface area contributed by atoms with Crippen LogP contribution >= 0.6 is 11.6 Å².